The van der Waals surface area contributed by atoms with Crippen LogP contribution in [0.5, 0.6) is 0 Å². The fourth-order valence-corrected chi connectivity index (χ4v) is 1.97. The van der Waals surface area contributed by atoms with Gasteiger partial charge in [-0.05, 0) is 24.7 Å². The van der Waals surface area contributed by atoms with Crippen molar-refractivity contribution in [2.24, 2.45) is 11.8 Å². The van der Waals surface area contributed by atoms with Gasteiger partial charge in [-0.3, -0.25) is 0 Å². The van der Waals surface area contributed by atoms with Gasteiger partial charge in [-0.25, -0.2) is 0 Å². The molecule has 1 saturated heterocycles. The highest BCUT2D eigenvalue weighted by molar-refractivity contribution is 4.77. The van der Waals surface area contributed by atoms with Gasteiger partial charge in [0.05, 0.1) is 7.47 Å². The maximum Gasteiger partial charge on any atom is 0.0626 e. The Kier molecular flexibility index (Phi) is 3.46. The van der Waals surface area contributed by atoms with Crippen molar-refractivity contribution in [2.75, 3.05) is 6.58 Å². The smallest absolute Gasteiger partial charge is 0.0626 e. The zero-order valence-corrected chi connectivity index (χ0v) is 8.55. The largest absolute Gasteiger partial charge is 0.378 e. The van der Waals surface area contributed by atoms with E-state index in [0.29, 0.717) is 17.9 Å². The van der Waals surface area contributed by atoms with Crippen LogP contribution in [0.25, 0.3) is 0 Å². The van der Waals surface area contributed by atoms with Gasteiger partial charge in [0.15, 0.2) is 0 Å². The molecular formula is C11H22O. The second-order valence-corrected chi connectivity index (χ2v) is 4.10. The van der Waals surface area contributed by atoms with Gasteiger partial charge >= 0.3 is 0 Å². The summed E-state index contributed by atoms with van der Waals surface area (Å²) in [6, 6.07) is 0. The van der Waals surface area contributed by atoms with Crippen molar-refractivity contribution in [3.05, 3.63) is 0 Å². The van der Waals surface area contributed by atoms with Crippen LogP contribution in [0.4, 0.5) is 0 Å². The lowest BCUT2D eigenvalue weighted by atomic mass is 9.90. The highest BCUT2D eigenvalue weighted by atomic mass is 16.5. The van der Waals surface area contributed by atoms with E-state index >= 15 is 0 Å². The summed E-state index contributed by atoms with van der Waals surface area (Å²) in [5.41, 5.74) is 0. The first-order valence-corrected chi connectivity index (χ1v) is 5.22. The quantitative estimate of drug-likeness (QED) is 0.632. The molecule has 1 aliphatic rings. The van der Waals surface area contributed by atoms with Gasteiger partial charge in [0.25, 0.3) is 0 Å². The summed E-state index contributed by atoms with van der Waals surface area (Å²) in [5.74, 6) is 1.21. The van der Waals surface area contributed by atoms with Gasteiger partial charge in [-0.2, -0.15) is 0 Å². The van der Waals surface area contributed by atoms with E-state index in [-0.39, 0.29) is 6.58 Å². The molecule has 0 N–H and O–H groups in total. The Balaban J connectivity index is 2.33. The first kappa shape index (κ1) is 8.55. The summed E-state index contributed by atoms with van der Waals surface area (Å²) < 4.78 is 13.1. The SMILES string of the molecule is [3H][C@@H]1C[C@H](C)[C@@H]([C@H](C)CCCC)O1. The molecular weight excluding hydrogens is 148 g/mol. The summed E-state index contributed by atoms with van der Waals surface area (Å²) in [6.07, 6.45) is 5.06. The summed E-state index contributed by atoms with van der Waals surface area (Å²) in [7, 11) is 0. The first-order valence-electron chi connectivity index (χ1n) is 5.80. The van der Waals surface area contributed by atoms with E-state index in [0.717, 1.165) is 6.42 Å². The van der Waals surface area contributed by atoms with E-state index in [4.69, 9.17) is 6.11 Å². The molecule has 0 aromatic carbocycles. The average molecular weight is 172 g/mol. The Hall–Kier alpha value is -0.0400. The molecule has 12 heavy (non-hydrogen) atoms. The Morgan fingerprint density at radius 3 is 2.92 bits per heavy atom. The van der Waals surface area contributed by atoms with E-state index in [9.17, 15) is 0 Å². The molecule has 1 rings (SSSR count). The molecule has 1 nitrogen and oxygen atoms in total. The predicted octanol–water partition coefficient (Wildman–Crippen LogP) is 3.24. The van der Waals surface area contributed by atoms with Gasteiger partial charge in [0.2, 0.25) is 0 Å². The lowest BCUT2D eigenvalue weighted by Crippen LogP contribution is -2.22. The molecule has 0 radical (unpaired) electrons. The highest BCUT2D eigenvalue weighted by Gasteiger charge is 2.28. The fraction of sp³-hybridized carbons (Fsp3) is 1.00. The molecule has 0 spiro atoms. The van der Waals surface area contributed by atoms with E-state index in [1.54, 1.807) is 0 Å². The van der Waals surface area contributed by atoms with Crippen molar-refractivity contribution in [2.45, 2.75) is 52.6 Å². The molecule has 1 fully saturated rings. The Morgan fingerprint density at radius 1 is 1.67 bits per heavy atom. The third-order valence-electron chi connectivity index (χ3n) is 2.86. The summed E-state index contributed by atoms with van der Waals surface area (Å²) in [4.78, 5) is 0. The monoisotopic (exact) mass is 172 g/mol. The zero-order chi connectivity index (χ0) is 9.84. The average Bonchev–Trinajstić information content (AvgIpc) is 2.41. The van der Waals surface area contributed by atoms with Crippen LogP contribution in [0.15, 0.2) is 0 Å². The zero-order valence-electron chi connectivity index (χ0n) is 9.55. The van der Waals surface area contributed by atoms with Crippen molar-refractivity contribution in [1.82, 2.24) is 0 Å². The molecule has 1 heteroatoms. The number of ether oxygens (including phenoxy) is 1. The van der Waals surface area contributed by atoms with Crippen LogP contribution in [0, 0.1) is 11.8 Å². The fourth-order valence-electron chi connectivity index (χ4n) is 1.97. The van der Waals surface area contributed by atoms with Gasteiger partial charge in [-0.15, -0.1) is 0 Å². The number of rotatable bonds is 4. The van der Waals surface area contributed by atoms with E-state index in [1.165, 1.54) is 19.3 Å². The summed E-state index contributed by atoms with van der Waals surface area (Å²) in [6.45, 7) is 6.43. The third kappa shape index (κ3) is 2.48. The maximum atomic E-state index is 7.54. The van der Waals surface area contributed by atoms with Crippen molar-refractivity contribution in [1.29, 1.82) is 0 Å². The lowest BCUT2D eigenvalue weighted by Gasteiger charge is -2.22. The molecule has 0 aromatic heterocycles. The number of hydrogen-bond donors (Lipinski definition) is 0. The molecule has 1 heterocycles. The van der Waals surface area contributed by atoms with E-state index in [2.05, 4.69) is 20.8 Å². The molecule has 0 bridgehead atoms. The molecule has 1 aliphatic heterocycles. The maximum absolute atomic E-state index is 7.54. The van der Waals surface area contributed by atoms with Crippen LogP contribution in [-0.2, 0) is 4.74 Å². The number of unbranched alkanes of at least 4 members (excludes halogenated alkanes) is 1. The van der Waals surface area contributed by atoms with Gasteiger partial charge in [0, 0.05) is 6.58 Å². The molecule has 4 atom stereocenters. The minimum Gasteiger partial charge on any atom is -0.378 e. The van der Waals surface area contributed by atoms with E-state index < -0.39 is 0 Å². The molecule has 72 valence electrons. The van der Waals surface area contributed by atoms with Crippen LogP contribution in [-0.4, -0.2) is 12.7 Å². The highest BCUT2D eigenvalue weighted by Crippen LogP contribution is 2.28. The van der Waals surface area contributed by atoms with Crippen molar-refractivity contribution in [3.63, 3.8) is 0 Å². The second kappa shape index (κ2) is 4.86. The summed E-state index contributed by atoms with van der Waals surface area (Å²) in [5, 5.41) is 0. The van der Waals surface area contributed by atoms with Crippen LogP contribution in [0.1, 0.15) is 47.8 Å². The minimum atomic E-state index is -0.260. The first-order chi connectivity index (χ1) is 6.15. The van der Waals surface area contributed by atoms with Crippen LogP contribution in [0.3, 0.4) is 0 Å². The minimum absolute atomic E-state index is 0.260. The normalized spacial score (nSPS) is 39.6. The van der Waals surface area contributed by atoms with E-state index in [1.807, 2.05) is 0 Å². The lowest BCUT2D eigenvalue weighted by molar-refractivity contribution is 0.0476. The van der Waals surface area contributed by atoms with Crippen LogP contribution in [0.2, 0.25) is 0 Å². The molecule has 0 amide bonds. The Morgan fingerprint density at radius 2 is 2.42 bits per heavy atom. The van der Waals surface area contributed by atoms with Gasteiger partial charge < -0.3 is 4.74 Å². The van der Waals surface area contributed by atoms with Crippen LogP contribution >= 0.6 is 0 Å². The Labute approximate surface area is 77.9 Å². The standard InChI is InChI=1S/C11H22O/c1-4-5-6-9(2)11-10(3)7-8-12-11/h9-11H,4-8H2,1-3H3/t9-,10+,11-/m1/s1/i8T/t8-,9-,10+,11-. The van der Waals surface area contributed by atoms with Gasteiger partial charge in [0.1, 0.15) is 0 Å². The molecule has 0 aliphatic carbocycles. The molecule has 0 aromatic rings. The predicted molar refractivity (Wildman–Crippen MR) is 52.2 cm³/mol. The van der Waals surface area contributed by atoms with Crippen molar-refractivity contribution >= 4 is 0 Å². The van der Waals surface area contributed by atoms with Crippen molar-refractivity contribution in [3.8, 4) is 0 Å². The number of hydrogen-bond acceptors (Lipinski definition) is 1. The second-order valence-electron chi connectivity index (χ2n) is 4.10. The third-order valence-corrected chi connectivity index (χ3v) is 2.86. The summed E-state index contributed by atoms with van der Waals surface area (Å²) >= 11 is 0. The molecule has 0 unspecified atom stereocenters. The van der Waals surface area contributed by atoms with Crippen molar-refractivity contribution < 1.29 is 6.11 Å². The molecule has 0 saturated carbocycles. The Bertz CT molecular complexity index is 149. The topological polar surface area (TPSA) is 9.23 Å². The van der Waals surface area contributed by atoms with Gasteiger partial charge in [-0.1, -0.05) is 33.6 Å². The van der Waals surface area contributed by atoms with Crippen LogP contribution < -0.4 is 0 Å².